The third-order valence-corrected chi connectivity index (χ3v) is 5.65. The van der Waals surface area contributed by atoms with Crippen molar-refractivity contribution in [3.05, 3.63) is 47.9 Å². The van der Waals surface area contributed by atoms with E-state index in [9.17, 15) is 0 Å². The molecule has 0 radical (unpaired) electrons. The van der Waals surface area contributed by atoms with Crippen molar-refractivity contribution in [2.24, 2.45) is 0 Å². The first-order valence-corrected chi connectivity index (χ1v) is 10.3. The smallest absolute Gasteiger partial charge is 0.145 e. The molecule has 1 aliphatic heterocycles. The van der Waals surface area contributed by atoms with Crippen LogP contribution < -0.4 is 9.64 Å². The molecule has 1 aliphatic rings. The molecule has 3 heterocycles. The van der Waals surface area contributed by atoms with Crippen LogP contribution in [0.15, 0.2) is 36.8 Å². The van der Waals surface area contributed by atoms with Gasteiger partial charge in [0.1, 0.15) is 11.3 Å². The van der Waals surface area contributed by atoms with Crippen molar-refractivity contribution in [1.82, 2.24) is 19.7 Å². The second-order valence-corrected chi connectivity index (χ2v) is 8.87. The van der Waals surface area contributed by atoms with Gasteiger partial charge in [-0.25, -0.2) is 0 Å². The molecule has 0 atom stereocenters. The van der Waals surface area contributed by atoms with Crippen LogP contribution in [0, 0.1) is 6.92 Å². The van der Waals surface area contributed by atoms with Gasteiger partial charge in [0.2, 0.25) is 0 Å². The Kier molecular flexibility index (Phi) is 5.21. The molecule has 4 rings (SSSR count). The zero-order chi connectivity index (χ0) is 20.6. The minimum Gasteiger partial charge on any atom is -0.494 e. The van der Waals surface area contributed by atoms with Crippen LogP contribution in [0.5, 0.6) is 5.75 Å². The van der Waals surface area contributed by atoms with Crippen molar-refractivity contribution in [1.29, 1.82) is 0 Å². The molecule has 154 valence electrons. The largest absolute Gasteiger partial charge is 0.494 e. The van der Waals surface area contributed by atoms with Crippen molar-refractivity contribution >= 4 is 16.6 Å². The van der Waals surface area contributed by atoms with E-state index in [0.29, 0.717) is 0 Å². The summed E-state index contributed by atoms with van der Waals surface area (Å²) in [4.78, 5) is 9.64. The topological polar surface area (TPSA) is 46.4 Å². The molecule has 1 aromatic carbocycles. The van der Waals surface area contributed by atoms with Gasteiger partial charge < -0.3 is 9.64 Å². The van der Waals surface area contributed by atoms with Crippen molar-refractivity contribution in [2.75, 3.05) is 38.2 Å². The summed E-state index contributed by atoms with van der Waals surface area (Å²) in [5.41, 5.74) is 4.74. The van der Waals surface area contributed by atoms with Gasteiger partial charge in [0, 0.05) is 56.1 Å². The van der Waals surface area contributed by atoms with Gasteiger partial charge >= 0.3 is 0 Å². The number of fused-ring (bicyclic) bond motifs is 1. The molecule has 0 unspecified atom stereocenters. The molecule has 1 fully saturated rings. The number of benzene rings is 1. The average Bonchev–Trinajstić information content (AvgIpc) is 3.17. The summed E-state index contributed by atoms with van der Waals surface area (Å²) >= 11 is 0. The van der Waals surface area contributed by atoms with E-state index in [0.717, 1.165) is 44.0 Å². The highest BCUT2D eigenvalue weighted by atomic mass is 16.5. The second kappa shape index (κ2) is 7.67. The van der Waals surface area contributed by atoms with Gasteiger partial charge in [-0.2, -0.15) is 5.10 Å². The zero-order valence-electron chi connectivity index (χ0n) is 18.1. The lowest BCUT2D eigenvalue weighted by Gasteiger charge is -2.37. The van der Waals surface area contributed by atoms with E-state index in [1.54, 1.807) is 7.11 Å². The van der Waals surface area contributed by atoms with Gasteiger partial charge in [0.25, 0.3) is 0 Å². The molecule has 3 aromatic rings. The van der Waals surface area contributed by atoms with Crippen LogP contribution in [0.3, 0.4) is 0 Å². The van der Waals surface area contributed by atoms with E-state index >= 15 is 0 Å². The summed E-state index contributed by atoms with van der Waals surface area (Å²) in [5, 5.41) is 5.71. The SMILES string of the molecule is COc1cccc2c(N3CCN(Cc4cnn(C(C)(C)C)c4)CC3)c(C)cnc12. The number of aryl methyl sites for hydroxylation is 1. The predicted molar refractivity (Wildman–Crippen MR) is 118 cm³/mol. The van der Waals surface area contributed by atoms with Crippen LogP contribution in [-0.4, -0.2) is 53.0 Å². The number of hydrogen-bond donors (Lipinski definition) is 0. The van der Waals surface area contributed by atoms with Crippen molar-refractivity contribution in [3.8, 4) is 5.75 Å². The van der Waals surface area contributed by atoms with Crippen LogP contribution in [0.1, 0.15) is 31.9 Å². The van der Waals surface area contributed by atoms with Crippen molar-refractivity contribution in [2.45, 2.75) is 39.8 Å². The number of hydrogen-bond acceptors (Lipinski definition) is 5. The van der Waals surface area contributed by atoms with Crippen LogP contribution in [0.25, 0.3) is 10.9 Å². The van der Waals surface area contributed by atoms with Crippen LogP contribution in [-0.2, 0) is 12.1 Å². The van der Waals surface area contributed by atoms with Gasteiger partial charge in [0.15, 0.2) is 0 Å². The highest BCUT2D eigenvalue weighted by Gasteiger charge is 2.22. The summed E-state index contributed by atoms with van der Waals surface area (Å²) in [6.07, 6.45) is 6.15. The van der Waals surface area contributed by atoms with E-state index in [2.05, 4.69) is 70.6 Å². The molecule has 0 bridgehead atoms. The first kappa shape index (κ1) is 19.7. The molecule has 2 aromatic heterocycles. The van der Waals surface area contributed by atoms with Gasteiger partial charge in [-0.3, -0.25) is 14.6 Å². The number of pyridine rings is 1. The Hall–Kier alpha value is -2.60. The Balaban J connectivity index is 1.49. The lowest BCUT2D eigenvalue weighted by atomic mass is 10.1. The second-order valence-electron chi connectivity index (χ2n) is 8.87. The molecule has 0 saturated carbocycles. The molecule has 6 nitrogen and oxygen atoms in total. The average molecular weight is 394 g/mol. The van der Waals surface area contributed by atoms with E-state index < -0.39 is 0 Å². The summed E-state index contributed by atoms with van der Waals surface area (Å²) in [7, 11) is 1.70. The molecular weight excluding hydrogens is 362 g/mol. The van der Waals surface area contributed by atoms with E-state index in [1.807, 2.05) is 18.5 Å². The highest BCUT2D eigenvalue weighted by molar-refractivity contribution is 5.96. The standard InChI is InChI=1S/C23H31N5O/c1-17-13-24-21-19(7-6-8-20(21)29-5)22(17)27-11-9-26(10-12-27)15-18-14-25-28(16-18)23(2,3)4/h6-8,13-14,16H,9-12,15H2,1-5H3. The molecule has 0 N–H and O–H groups in total. The lowest BCUT2D eigenvalue weighted by Crippen LogP contribution is -2.46. The Labute approximate surface area is 173 Å². The summed E-state index contributed by atoms with van der Waals surface area (Å²) in [5.74, 6) is 0.832. The molecule has 0 aliphatic carbocycles. The quantitative estimate of drug-likeness (QED) is 0.674. The number of methoxy groups -OCH3 is 1. The van der Waals surface area contributed by atoms with E-state index in [1.165, 1.54) is 22.2 Å². The van der Waals surface area contributed by atoms with Gasteiger partial charge in [-0.05, 0) is 39.3 Å². The Morgan fingerprint density at radius 2 is 1.83 bits per heavy atom. The van der Waals surface area contributed by atoms with Crippen LogP contribution in [0.2, 0.25) is 0 Å². The zero-order valence-corrected chi connectivity index (χ0v) is 18.1. The van der Waals surface area contributed by atoms with Crippen LogP contribution >= 0.6 is 0 Å². The maximum atomic E-state index is 5.52. The fraction of sp³-hybridized carbons (Fsp3) is 0.478. The minimum atomic E-state index is 0.0257. The fourth-order valence-electron chi connectivity index (χ4n) is 4.06. The maximum Gasteiger partial charge on any atom is 0.145 e. The number of piperazine rings is 1. The number of anilines is 1. The highest BCUT2D eigenvalue weighted by Crippen LogP contribution is 2.34. The normalized spacial score (nSPS) is 15.8. The van der Waals surface area contributed by atoms with Gasteiger partial charge in [-0.1, -0.05) is 12.1 Å². The van der Waals surface area contributed by atoms with E-state index in [4.69, 9.17) is 4.74 Å². The summed E-state index contributed by atoms with van der Waals surface area (Å²) < 4.78 is 7.58. The van der Waals surface area contributed by atoms with Crippen molar-refractivity contribution in [3.63, 3.8) is 0 Å². The first-order valence-electron chi connectivity index (χ1n) is 10.3. The molecular formula is C23H31N5O. The number of aromatic nitrogens is 3. The van der Waals surface area contributed by atoms with Crippen molar-refractivity contribution < 1.29 is 4.74 Å². The number of ether oxygens (including phenoxy) is 1. The molecule has 0 amide bonds. The molecule has 1 saturated heterocycles. The molecule has 29 heavy (non-hydrogen) atoms. The Morgan fingerprint density at radius 1 is 1.07 bits per heavy atom. The third kappa shape index (κ3) is 3.94. The van der Waals surface area contributed by atoms with E-state index in [-0.39, 0.29) is 5.54 Å². The monoisotopic (exact) mass is 393 g/mol. The summed E-state index contributed by atoms with van der Waals surface area (Å²) in [6.45, 7) is 13.7. The van der Waals surface area contributed by atoms with Gasteiger partial charge in [-0.15, -0.1) is 0 Å². The number of nitrogens with zero attached hydrogens (tertiary/aromatic N) is 5. The predicted octanol–water partition coefficient (Wildman–Crippen LogP) is 3.83. The lowest BCUT2D eigenvalue weighted by molar-refractivity contribution is 0.249. The molecule has 0 spiro atoms. The van der Waals surface area contributed by atoms with Gasteiger partial charge in [0.05, 0.1) is 24.5 Å². The number of para-hydroxylation sites is 1. The van der Waals surface area contributed by atoms with Crippen LogP contribution in [0.4, 0.5) is 5.69 Å². The molecule has 6 heteroatoms. The summed E-state index contributed by atoms with van der Waals surface area (Å²) in [6, 6.07) is 6.18. The number of rotatable bonds is 4. The third-order valence-electron chi connectivity index (χ3n) is 5.65. The minimum absolute atomic E-state index is 0.0257. The maximum absolute atomic E-state index is 5.52. The fourth-order valence-corrected chi connectivity index (χ4v) is 4.06. The Morgan fingerprint density at radius 3 is 2.48 bits per heavy atom. The Bertz CT molecular complexity index is 996. The first-order chi connectivity index (χ1) is 13.9.